The van der Waals surface area contributed by atoms with E-state index < -0.39 is 0 Å². The molecule has 0 unspecified atom stereocenters. The Balaban J connectivity index is 1.60. The molecule has 3 rings (SSSR count). The third-order valence-electron chi connectivity index (χ3n) is 5.35. The van der Waals surface area contributed by atoms with Gasteiger partial charge in [0.1, 0.15) is 0 Å². The number of aliphatic imine (C=N–C) groups is 1. The van der Waals surface area contributed by atoms with E-state index in [1.54, 1.807) is 0 Å². The molecule has 0 atom stereocenters. The molecule has 2 aromatic rings. The van der Waals surface area contributed by atoms with Gasteiger partial charge in [-0.3, -0.25) is 0 Å². The molecule has 1 saturated heterocycles. The fraction of sp³-hybridized carbons (Fsp3) is 0.609. The van der Waals surface area contributed by atoms with Crippen molar-refractivity contribution in [1.29, 1.82) is 0 Å². The molecule has 0 amide bonds. The zero-order valence-corrected chi connectivity index (χ0v) is 18.7. The molecule has 2 N–H and O–H groups in total. The van der Waals surface area contributed by atoms with Crippen LogP contribution in [0.1, 0.15) is 57.8 Å². The highest BCUT2D eigenvalue weighted by Crippen LogP contribution is 2.19. The van der Waals surface area contributed by atoms with Crippen LogP contribution in [-0.4, -0.2) is 53.2 Å². The van der Waals surface area contributed by atoms with Gasteiger partial charge in [-0.2, -0.15) is 4.98 Å². The molecule has 0 bridgehead atoms. The lowest BCUT2D eigenvalue weighted by Crippen LogP contribution is -2.48. The fourth-order valence-electron chi connectivity index (χ4n) is 3.80. The van der Waals surface area contributed by atoms with Crippen molar-refractivity contribution in [2.75, 3.05) is 26.2 Å². The quantitative estimate of drug-likeness (QED) is 0.484. The lowest BCUT2D eigenvalue weighted by Gasteiger charge is -2.32. The number of aryl methyl sites for hydroxylation is 1. The summed E-state index contributed by atoms with van der Waals surface area (Å²) in [5, 5.41) is 11.1. The second-order valence-electron chi connectivity index (χ2n) is 7.92. The van der Waals surface area contributed by atoms with Gasteiger partial charge in [0.15, 0.2) is 11.8 Å². The van der Waals surface area contributed by atoms with Crippen molar-refractivity contribution in [3.8, 4) is 11.5 Å². The Kier molecular flexibility index (Phi) is 8.68. The highest BCUT2D eigenvalue weighted by molar-refractivity contribution is 5.80. The predicted octanol–water partition coefficient (Wildman–Crippen LogP) is 3.62. The maximum Gasteiger partial charge on any atom is 0.257 e. The zero-order chi connectivity index (χ0) is 21.2. The molecule has 0 aliphatic carbocycles. The summed E-state index contributed by atoms with van der Waals surface area (Å²) in [6, 6.07) is 8.68. The minimum Gasteiger partial charge on any atom is -0.357 e. The van der Waals surface area contributed by atoms with E-state index in [1.807, 2.05) is 12.1 Å². The van der Waals surface area contributed by atoms with Crippen molar-refractivity contribution in [2.45, 2.75) is 65.5 Å². The summed E-state index contributed by atoms with van der Waals surface area (Å²) in [4.78, 5) is 11.9. The Hall–Kier alpha value is -2.41. The third-order valence-corrected chi connectivity index (χ3v) is 5.35. The van der Waals surface area contributed by atoms with Gasteiger partial charge < -0.3 is 20.1 Å². The molecular formula is C23H36N6O. The van der Waals surface area contributed by atoms with Crippen LogP contribution in [0.5, 0.6) is 0 Å². The van der Waals surface area contributed by atoms with Crippen LogP contribution in [0.3, 0.4) is 0 Å². The predicted molar refractivity (Wildman–Crippen MR) is 121 cm³/mol. The van der Waals surface area contributed by atoms with Crippen molar-refractivity contribution in [3.05, 3.63) is 35.7 Å². The minimum absolute atomic E-state index is 0.484. The second-order valence-corrected chi connectivity index (χ2v) is 7.92. The van der Waals surface area contributed by atoms with E-state index in [1.165, 1.54) is 13.0 Å². The Morgan fingerprint density at radius 2 is 2.03 bits per heavy atom. The summed E-state index contributed by atoms with van der Waals surface area (Å²) >= 11 is 0. The number of nitrogens with one attached hydrogen (secondary N) is 2. The summed E-state index contributed by atoms with van der Waals surface area (Å²) in [7, 11) is 0. The second kappa shape index (κ2) is 11.7. The molecule has 164 valence electrons. The van der Waals surface area contributed by atoms with Crippen LogP contribution in [0.25, 0.3) is 11.5 Å². The number of guanidine groups is 1. The highest BCUT2D eigenvalue weighted by atomic mass is 16.5. The van der Waals surface area contributed by atoms with Crippen molar-refractivity contribution in [3.63, 3.8) is 0 Å². The van der Waals surface area contributed by atoms with Crippen LogP contribution < -0.4 is 10.6 Å². The summed E-state index contributed by atoms with van der Waals surface area (Å²) in [5.41, 5.74) is 2.07. The first-order valence-electron chi connectivity index (χ1n) is 11.4. The molecule has 7 nitrogen and oxygen atoms in total. The third kappa shape index (κ3) is 6.55. The van der Waals surface area contributed by atoms with Gasteiger partial charge in [0.2, 0.25) is 0 Å². The SMILES string of the molecule is CCCc1noc(-c2cccc(CN=C(NCC)NC3CCN(CCC)CC3)c2)n1. The van der Waals surface area contributed by atoms with E-state index in [0.29, 0.717) is 18.5 Å². The van der Waals surface area contributed by atoms with E-state index in [2.05, 4.69) is 58.6 Å². The van der Waals surface area contributed by atoms with E-state index in [0.717, 1.165) is 68.2 Å². The molecule has 1 aromatic carbocycles. The Morgan fingerprint density at radius 3 is 2.77 bits per heavy atom. The van der Waals surface area contributed by atoms with Gasteiger partial charge in [-0.1, -0.05) is 31.1 Å². The topological polar surface area (TPSA) is 78.6 Å². The smallest absolute Gasteiger partial charge is 0.257 e. The Morgan fingerprint density at radius 1 is 1.20 bits per heavy atom. The summed E-state index contributed by atoms with van der Waals surface area (Å²) in [5.74, 6) is 2.23. The average molecular weight is 413 g/mol. The van der Waals surface area contributed by atoms with Gasteiger partial charge in [-0.25, -0.2) is 4.99 Å². The van der Waals surface area contributed by atoms with Gasteiger partial charge in [0, 0.05) is 37.7 Å². The normalized spacial score (nSPS) is 16.0. The van der Waals surface area contributed by atoms with Crippen molar-refractivity contribution in [1.82, 2.24) is 25.7 Å². The average Bonchev–Trinajstić information content (AvgIpc) is 3.23. The highest BCUT2D eigenvalue weighted by Gasteiger charge is 2.19. The number of nitrogens with zero attached hydrogens (tertiary/aromatic N) is 4. The Bertz CT molecular complexity index is 794. The Labute approximate surface area is 180 Å². The first-order valence-corrected chi connectivity index (χ1v) is 11.4. The maximum atomic E-state index is 5.42. The molecule has 1 aliphatic heterocycles. The molecule has 1 fully saturated rings. The number of benzene rings is 1. The molecule has 30 heavy (non-hydrogen) atoms. The molecule has 7 heteroatoms. The molecule has 0 saturated carbocycles. The number of piperidine rings is 1. The van der Waals surface area contributed by atoms with Crippen LogP contribution in [0.4, 0.5) is 0 Å². The number of likely N-dealkylation sites (tertiary alicyclic amines) is 1. The first kappa shape index (κ1) is 22.3. The number of hydrogen-bond donors (Lipinski definition) is 2. The van der Waals surface area contributed by atoms with Crippen LogP contribution in [-0.2, 0) is 13.0 Å². The lowest BCUT2D eigenvalue weighted by molar-refractivity contribution is 0.206. The van der Waals surface area contributed by atoms with Gasteiger partial charge in [-0.05, 0) is 56.8 Å². The number of aromatic nitrogens is 2. The first-order chi connectivity index (χ1) is 14.7. The summed E-state index contributed by atoms with van der Waals surface area (Å²) in [6.07, 6.45) is 5.40. The standard InChI is InChI=1S/C23H36N6O/c1-4-8-21-27-22(30-28-21)19-10-7-9-18(16-19)17-25-23(24-6-3)26-20-11-14-29(13-5-2)15-12-20/h7,9-10,16,20H,4-6,8,11-15,17H2,1-3H3,(H2,24,25,26). The van der Waals surface area contributed by atoms with E-state index in [9.17, 15) is 0 Å². The van der Waals surface area contributed by atoms with Crippen LogP contribution in [0, 0.1) is 0 Å². The fourth-order valence-corrected chi connectivity index (χ4v) is 3.80. The molecule has 1 aromatic heterocycles. The van der Waals surface area contributed by atoms with E-state index in [-0.39, 0.29) is 0 Å². The lowest BCUT2D eigenvalue weighted by atomic mass is 10.1. The maximum absolute atomic E-state index is 5.42. The largest absolute Gasteiger partial charge is 0.357 e. The number of rotatable bonds is 9. The van der Waals surface area contributed by atoms with Gasteiger partial charge in [0.05, 0.1) is 6.54 Å². The van der Waals surface area contributed by atoms with Crippen LogP contribution in [0.15, 0.2) is 33.8 Å². The van der Waals surface area contributed by atoms with Gasteiger partial charge >= 0.3 is 0 Å². The van der Waals surface area contributed by atoms with Gasteiger partial charge in [0.25, 0.3) is 5.89 Å². The van der Waals surface area contributed by atoms with Crippen LogP contribution in [0.2, 0.25) is 0 Å². The molecular weight excluding hydrogens is 376 g/mol. The molecule has 2 heterocycles. The summed E-state index contributed by atoms with van der Waals surface area (Å²) in [6.45, 7) is 11.4. The molecule has 0 radical (unpaired) electrons. The van der Waals surface area contributed by atoms with Crippen molar-refractivity contribution >= 4 is 5.96 Å². The van der Waals surface area contributed by atoms with Crippen molar-refractivity contribution in [2.24, 2.45) is 4.99 Å². The van der Waals surface area contributed by atoms with Gasteiger partial charge in [-0.15, -0.1) is 0 Å². The van der Waals surface area contributed by atoms with Crippen molar-refractivity contribution < 1.29 is 4.52 Å². The summed E-state index contributed by atoms with van der Waals surface area (Å²) < 4.78 is 5.42. The number of hydrogen-bond acceptors (Lipinski definition) is 5. The monoisotopic (exact) mass is 412 g/mol. The zero-order valence-electron chi connectivity index (χ0n) is 18.7. The minimum atomic E-state index is 0.484. The van der Waals surface area contributed by atoms with Crippen LogP contribution >= 0.6 is 0 Å². The molecule has 1 aliphatic rings. The van der Waals surface area contributed by atoms with E-state index in [4.69, 9.17) is 9.52 Å². The molecule has 0 spiro atoms. The van der Waals surface area contributed by atoms with E-state index >= 15 is 0 Å².